The van der Waals surface area contributed by atoms with E-state index < -0.39 is 28.9 Å². The predicted octanol–water partition coefficient (Wildman–Crippen LogP) is 1.30. The Morgan fingerprint density at radius 3 is 2.29 bits per heavy atom. The SMILES string of the molecule is Nc1ccc(S(=O)(=O)N2CCC(F)(F)C2)cc1. The minimum Gasteiger partial charge on any atom is -0.399 e. The monoisotopic (exact) mass is 262 g/mol. The topological polar surface area (TPSA) is 63.4 Å². The Balaban J connectivity index is 2.29. The predicted molar refractivity (Wildman–Crippen MR) is 59.2 cm³/mol. The van der Waals surface area contributed by atoms with Crippen LogP contribution in [0.15, 0.2) is 29.2 Å². The first-order valence-corrected chi connectivity index (χ1v) is 6.49. The highest BCUT2D eigenvalue weighted by Crippen LogP contribution is 2.31. The summed E-state index contributed by atoms with van der Waals surface area (Å²) in [6, 6.07) is 5.50. The van der Waals surface area contributed by atoms with E-state index in [2.05, 4.69) is 0 Å². The van der Waals surface area contributed by atoms with E-state index in [0.717, 1.165) is 4.31 Å². The standard InChI is InChI=1S/C10H12F2N2O2S/c11-10(12)5-6-14(7-10)17(15,16)9-3-1-8(13)2-4-9/h1-4H,5-7,13H2. The molecule has 0 spiro atoms. The van der Waals surface area contributed by atoms with Crippen molar-refractivity contribution in [3.8, 4) is 0 Å². The van der Waals surface area contributed by atoms with Crippen LogP contribution in [-0.4, -0.2) is 31.7 Å². The highest BCUT2D eigenvalue weighted by atomic mass is 32.2. The highest BCUT2D eigenvalue weighted by Gasteiger charge is 2.43. The number of benzene rings is 1. The lowest BCUT2D eigenvalue weighted by molar-refractivity contribution is 0.0183. The summed E-state index contributed by atoms with van der Waals surface area (Å²) in [5, 5.41) is 0. The molecular weight excluding hydrogens is 250 g/mol. The zero-order valence-electron chi connectivity index (χ0n) is 8.94. The van der Waals surface area contributed by atoms with Gasteiger partial charge in [-0.2, -0.15) is 4.31 Å². The van der Waals surface area contributed by atoms with E-state index in [1.165, 1.54) is 24.3 Å². The Labute approximate surface area is 98.1 Å². The van der Waals surface area contributed by atoms with E-state index in [0.29, 0.717) is 5.69 Å². The van der Waals surface area contributed by atoms with Gasteiger partial charge in [0.1, 0.15) is 0 Å². The molecule has 1 fully saturated rings. The molecule has 1 heterocycles. The number of nitrogen functional groups attached to an aromatic ring is 1. The smallest absolute Gasteiger partial charge is 0.262 e. The van der Waals surface area contributed by atoms with Crippen molar-refractivity contribution in [2.24, 2.45) is 0 Å². The van der Waals surface area contributed by atoms with Crippen molar-refractivity contribution in [3.63, 3.8) is 0 Å². The zero-order chi connectivity index (χ0) is 12.7. The molecular formula is C10H12F2N2O2S. The molecule has 0 unspecified atom stereocenters. The van der Waals surface area contributed by atoms with Crippen LogP contribution in [0.1, 0.15) is 6.42 Å². The number of hydrogen-bond acceptors (Lipinski definition) is 3. The average molecular weight is 262 g/mol. The van der Waals surface area contributed by atoms with Gasteiger partial charge in [0.15, 0.2) is 0 Å². The molecule has 1 aliphatic rings. The molecule has 0 radical (unpaired) electrons. The molecule has 2 N–H and O–H groups in total. The summed E-state index contributed by atoms with van der Waals surface area (Å²) in [5.41, 5.74) is 5.86. The van der Waals surface area contributed by atoms with Crippen LogP contribution >= 0.6 is 0 Å². The van der Waals surface area contributed by atoms with Crippen LogP contribution < -0.4 is 5.73 Å². The summed E-state index contributed by atoms with van der Waals surface area (Å²) in [5.74, 6) is -2.93. The number of alkyl halides is 2. The fourth-order valence-corrected chi connectivity index (χ4v) is 3.17. The van der Waals surface area contributed by atoms with Crippen molar-refractivity contribution in [2.45, 2.75) is 17.2 Å². The summed E-state index contributed by atoms with van der Waals surface area (Å²) in [4.78, 5) is -0.00981. The van der Waals surface area contributed by atoms with Crippen LogP contribution in [0.3, 0.4) is 0 Å². The first kappa shape index (κ1) is 12.3. The van der Waals surface area contributed by atoms with E-state index >= 15 is 0 Å². The quantitative estimate of drug-likeness (QED) is 0.817. The van der Waals surface area contributed by atoms with Crippen LogP contribution in [0, 0.1) is 0 Å². The Kier molecular flexibility index (Phi) is 2.82. The summed E-state index contributed by atoms with van der Waals surface area (Å²) in [6.45, 7) is -0.903. The Morgan fingerprint density at radius 1 is 1.24 bits per heavy atom. The van der Waals surface area contributed by atoms with Gasteiger partial charge >= 0.3 is 0 Å². The third-order valence-electron chi connectivity index (χ3n) is 2.65. The first-order valence-electron chi connectivity index (χ1n) is 5.05. The molecule has 0 aliphatic carbocycles. The van der Waals surface area contributed by atoms with Crippen molar-refractivity contribution in [2.75, 3.05) is 18.8 Å². The molecule has 0 bridgehead atoms. The van der Waals surface area contributed by atoms with Crippen molar-refractivity contribution >= 4 is 15.7 Å². The molecule has 1 saturated heterocycles. The van der Waals surface area contributed by atoms with E-state index in [-0.39, 0.29) is 11.4 Å². The van der Waals surface area contributed by atoms with Gasteiger partial charge in [-0.05, 0) is 24.3 Å². The Hall–Kier alpha value is -1.21. The molecule has 0 aromatic heterocycles. The van der Waals surface area contributed by atoms with Gasteiger partial charge in [0.2, 0.25) is 10.0 Å². The lowest BCUT2D eigenvalue weighted by Gasteiger charge is -2.16. The van der Waals surface area contributed by atoms with Gasteiger partial charge in [-0.1, -0.05) is 0 Å². The van der Waals surface area contributed by atoms with Crippen LogP contribution in [0.4, 0.5) is 14.5 Å². The van der Waals surface area contributed by atoms with Gasteiger partial charge < -0.3 is 5.73 Å². The summed E-state index contributed by atoms with van der Waals surface area (Å²) in [7, 11) is -3.83. The number of nitrogens with zero attached hydrogens (tertiary/aromatic N) is 1. The van der Waals surface area contributed by atoms with Gasteiger partial charge in [-0.15, -0.1) is 0 Å². The Bertz CT molecular complexity index is 514. The fourth-order valence-electron chi connectivity index (χ4n) is 1.70. The first-order chi connectivity index (χ1) is 7.81. The largest absolute Gasteiger partial charge is 0.399 e. The molecule has 1 aromatic rings. The van der Waals surface area contributed by atoms with E-state index in [9.17, 15) is 17.2 Å². The molecule has 94 valence electrons. The van der Waals surface area contributed by atoms with Gasteiger partial charge in [-0.25, -0.2) is 17.2 Å². The maximum Gasteiger partial charge on any atom is 0.262 e. The molecule has 1 aliphatic heterocycles. The minimum absolute atomic E-state index is 0.00981. The van der Waals surface area contributed by atoms with Crippen molar-refractivity contribution in [1.82, 2.24) is 4.31 Å². The van der Waals surface area contributed by atoms with Crippen LogP contribution in [0.25, 0.3) is 0 Å². The molecule has 17 heavy (non-hydrogen) atoms. The average Bonchev–Trinajstić information content (AvgIpc) is 2.60. The number of sulfonamides is 1. The number of halogens is 2. The van der Waals surface area contributed by atoms with Crippen LogP contribution in [0.2, 0.25) is 0 Å². The minimum atomic E-state index is -3.83. The maximum absolute atomic E-state index is 13.0. The molecule has 1 aromatic carbocycles. The molecule has 0 saturated carbocycles. The second-order valence-electron chi connectivity index (χ2n) is 4.01. The number of hydrogen-bond donors (Lipinski definition) is 1. The highest BCUT2D eigenvalue weighted by molar-refractivity contribution is 7.89. The molecule has 7 heteroatoms. The van der Waals surface area contributed by atoms with Crippen molar-refractivity contribution < 1.29 is 17.2 Å². The maximum atomic E-state index is 13.0. The lowest BCUT2D eigenvalue weighted by atomic mass is 10.3. The number of rotatable bonds is 2. The second-order valence-corrected chi connectivity index (χ2v) is 5.95. The van der Waals surface area contributed by atoms with Gasteiger partial charge in [0, 0.05) is 18.7 Å². The van der Waals surface area contributed by atoms with Crippen molar-refractivity contribution in [1.29, 1.82) is 0 Å². The third-order valence-corrected chi connectivity index (χ3v) is 4.51. The summed E-state index contributed by atoms with van der Waals surface area (Å²) < 4.78 is 50.7. The second kappa shape index (κ2) is 3.92. The van der Waals surface area contributed by atoms with E-state index in [4.69, 9.17) is 5.73 Å². The molecule has 2 rings (SSSR count). The van der Waals surface area contributed by atoms with E-state index in [1.807, 2.05) is 0 Å². The summed E-state index contributed by atoms with van der Waals surface area (Å²) >= 11 is 0. The Morgan fingerprint density at radius 2 is 1.82 bits per heavy atom. The van der Waals surface area contributed by atoms with Crippen molar-refractivity contribution in [3.05, 3.63) is 24.3 Å². The number of anilines is 1. The van der Waals surface area contributed by atoms with Gasteiger partial charge in [0.05, 0.1) is 11.4 Å². The normalized spacial score (nSPS) is 20.6. The van der Waals surface area contributed by atoms with Gasteiger partial charge in [-0.3, -0.25) is 0 Å². The van der Waals surface area contributed by atoms with Gasteiger partial charge in [0.25, 0.3) is 5.92 Å². The molecule has 0 atom stereocenters. The van der Waals surface area contributed by atoms with Crippen LogP contribution in [0.5, 0.6) is 0 Å². The zero-order valence-corrected chi connectivity index (χ0v) is 9.75. The van der Waals surface area contributed by atoms with Crippen LogP contribution in [-0.2, 0) is 10.0 Å². The lowest BCUT2D eigenvalue weighted by Crippen LogP contribution is -2.31. The molecule has 4 nitrogen and oxygen atoms in total. The summed E-state index contributed by atoms with van der Waals surface area (Å²) in [6.07, 6.45) is -0.429. The molecule has 0 amide bonds. The fraction of sp³-hybridized carbons (Fsp3) is 0.400. The van der Waals surface area contributed by atoms with E-state index in [1.54, 1.807) is 0 Å². The number of nitrogens with two attached hydrogens (primary N) is 1. The third kappa shape index (κ3) is 2.39.